The van der Waals surface area contributed by atoms with E-state index in [9.17, 15) is 24.3 Å². The molecule has 0 radical (unpaired) electrons. The minimum atomic E-state index is -1.14. The number of aromatic hydroxyl groups is 1. The first kappa shape index (κ1) is 26.5. The van der Waals surface area contributed by atoms with Crippen molar-refractivity contribution in [1.82, 2.24) is 13.9 Å². The van der Waals surface area contributed by atoms with Gasteiger partial charge in [0.1, 0.15) is 0 Å². The third-order valence-electron chi connectivity index (χ3n) is 9.36. The van der Waals surface area contributed by atoms with Gasteiger partial charge < -0.3 is 14.6 Å². The van der Waals surface area contributed by atoms with Crippen LogP contribution in [0.2, 0.25) is 0 Å². The van der Waals surface area contributed by atoms with Gasteiger partial charge in [-0.3, -0.25) is 9.59 Å². The van der Waals surface area contributed by atoms with Crippen molar-refractivity contribution in [3.05, 3.63) is 67.5 Å². The highest BCUT2D eigenvalue weighted by Gasteiger charge is 2.65. The molecule has 2 heterocycles. The van der Waals surface area contributed by atoms with Crippen LogP contribution in [-0.4, -0.2) is 44.8 Å². The van der Waals surface area contributed by atoms with E-state index in [0.717, 1.165) is 10.1 Å². The highest BCUT2D eigenvalue weighted by Crippen LogP contribution is 2.63. The Balaban J connectivity index is 1.75. The van der Waals surface area contributed by atoms with Crippen LogP contribution in [0.3, 0.4) is 0 Å². The van der Waals surface area contributed by atoms with Gasteiger partial charge in [-0.1, -0.05) is 32.1 Å². The lowest BCUT2D eigenvalue weighted by Crippen LogP contribution is -2.61. The Kier molecular flexibility index (Phi) is 5.93. The molecule has 0 spiro atoms. The van der Waals surface area contributed by atoms with Crippen LogP contribution in [0.4, 0.5) is 0 Å². The van der Waals surface area contributed by atoms with Crippen molar-refractivity contribution in [2.24, 2.45) is 23.8 Å². The molecule has 0 saturated heterocycles. The van der Waals surface area contributed by atoms with Gasteiger partial charge in [0, 0.05) is 18.4 Å². The minimum Gasteiger partial charge on any atom is -0.502 e. The molecule has 1 fully saturated rings. The summed E-state index contributed by atoms with van der Waals surface area (Å²) in [6, 6.07) is 2.71. The second-order valence-electron chi connectivity index (χ2n) is 11.0. The molecule has 5 rings (SSSR count). The van der Waals surface area contributed by atoms with Gasteiger partial charge in [-0.05, 0) is 54.7 Å². The number of ether oxygens (including phenoxy) is 2. The van der Waals surface area contributed by atoms with Gasteiger partial charge in [0.2, 0.25) is 5.75 Å². The highest BCUT2D eigenvalue weighted by molar-refractivity contribution is 6.17. The van der Waals surface area contributed by atoms with Crippen molar-refractivity contribution in [2.75, 3.05) is 14.2 Å². The SMILES string of the molecule is COc1cc(C=C[C@H]2C3=CCn4c(=O)n(C)c(=O)n4[C@@H]3C[C@@]3(C)C(=O)C(C)=C(C)C(=O)[C@@]23C)cc(OC)c1O. The number of methoxy groups -OCH3 is 2. The molecule has 0 unspecified atom stereocenters. The monoisotopic (exact) mass is 535 g/mol. The Morgan fingerprint density at radius 2 is 1.56 bits per heavy atom. The Hall–Kier alpha value is -4.08. The van der Waals surface area contributed by atoms with Crippen LogP contribution in [0, 0.1) is 16.7 Å². The average Bonchev–Trinajstić information content (AvgIpc) is 3.15. The molecule has 4 atom stereocenters. The number of benzene rings is 1. The van der Waals surface area contributed by atoms with E-state index in [1.54, 1.807) is 39.0 Å². The third kappa shape index (κ3) is 3.33. The van der Waals surface area contributed by atoms with Crippen molar-refractivity contribution in [3.63, 3.8) is 0 Å². The van der Waals surface area contributed by atoms with Crippen molar-refractivity contribution < 1.29 is 24.2 Å². The average molecular weight is 536 g/mol. The molecule has 1 saturated carbocycles. The van der Waals surface area contributed by atoms with Gasteiger partial charge in [0.05, 0.1) is 32.2 Å². The number of allylic oxidation sites excluding steroid dienone is 5. The number of phenols is 1. The maximum absolute atomic E-state index is 14.1. The first-order valence-corrected chi connectivity index (χ1v) is 12.8. The number of rotatable bonds is 4. The second-order valence-corrected chi connectivity index (χ2v) is 11.0. The van der Waals surface area contributed by atoms with Crippen molar-refractivity contribution in [3.8, 4) is 17.2 Å². The number of carbonyl (C=O) groups is 2. The van der Waals surface area contributed by atoms with Crippen LogP contribution in [0.1, 0.15) is 45.7 Å². The summed E-state index contributed by atoms with van der Waals surface area (Å²) < 4.78 is 14.5. The van der Waals surface area contributed by atoms with E-state index in [1.807, 2.05) is 19.1 Å². The van der Waals surface area contributed by atoms with E-state index in [4.69, 9.17) is 9.47 Å². The van der Waals surface area contributed by atoms with Crippen LogP contribution in [0.5, 0.6) is 17.2 Å². The molecule has 1 N–H and O–H groups in total. The fraction of sp³-hybridized carbons (Fsp3) is 0.448. The molecule has 10 heteroatoms. The first-order chi connectivity index (χ1) is 18.3. The molecule has 1 aliphatic heterocycles. The molecule has 10 nitrogen and oxygen atoms in total. The summed E-state index contributed by atoms with van der Waals surface area (Å²) in [6.07, 6.45) is 5.79. The summed E-state index contributed by atoms with van der Waals surface area (Å²) in [5.41, 5.74) is -0.839. The number of ketones is 2. The molecule has 2 aliphatic carbocycles. The zero-order valence-corrected chi connectivity index (χ0v) is 23.2. The predicted octanol–water partition coefficient (Wildman–Crippen LogP) is 2.79. The summed E-state index contributed by atoms with van der Waals surface area (Å²) in [7, 11) is 4.31. The maximum Gasteiger partial charge on any atom is 0.347 e. The van der Waals surface area contributed by atoms with Gasteiger partial charge in [0.25, 0.3) is 0 Å². The van der Waals surface area contributed by atoms with Crippen molar-refractivity contribution in [1.29, 1.82) is 0 Å². The zero-order chi connectivity index (χ0) is 28.6. The third-order valence-corrected chi connectivity index (χ3v) is 9.36. The van der Waals surface area contributed by atoms with E-state index in [0.29, 0.717) is 16.7 Å². The van der Waals surface area contributed by atoms with Crippen molar-refractivity contribution in [2.45, 2.75) is 46.7 Å². The molecule has 2 aromatic rings. The van der Waals surface area contributed by atoms with Gasteiger partial charge >= 0.3 is 11.4 Å². The van der Waals surface area contributed by atoms with Crippen LogP contribution in [0.25, 0.3) is 6.08 Å². The van der Waals surface area contributed by atoms with Crippen molar-refractivity contribution >= 4 is 17.6 Å². The van der Waals surface area contributed by atoms with Gasteiger partial charge in [-0.2, -0.15) is 0 Å². The van der Waals surface area contributed by atoms with Crippen LogP contribution >= 0.6 is 0 Å². The molecule has 206 valence electrons. The maximum atomic E-state index is 14.1. The molecule has 1 aromatic carbocycles. The van der Waals surface area contributed by atoms with E-state index in [-0.39, 0.29) is 41.8 Å². The fourth-order valence-electron chi connectivity index (χ4n) is 6.74. The molecule has 0 amide bonds. The van der Waals surface area contributed by atoms with E-state index >= 15 is 0 Å². The lowest BCUT2D eigenvalue weighted by atomic mass is 9.44. The number of fused-ring (bicyclic) bond motifs is 4. The number of phenolic OH excluding ortho intramolecular Hbond substituents is 1. The number of hydrogen-bond acceptors (Lipinski definition) is 7. The fourth-order valence-corrected chi connectivity index (χ4v) is 6.74. The molecular formula is C29H33N3O7. The topological polar surface area (TPSA) is 122 Å². The molecule has 1 aromatic heterocycles. The molecule has 39 heavy (non-hydrogen) atoms. The number of aromatic nitrogens is 3. The van der Waals surface area contributed by atoms with Crippen LogP contribution < -0.4 is 20.9 Å². The zero-order valence-electron chi connectivity index (χ0n) is 23.2. The summed E-state index contributed by atoms with van der Waals surface area (Å²) in [5, 5.41) is 10.3. The minimum absolute atomic E-state index is 0.111. The first-order valence-electron chi connectivity index (χ1n) is 12.8. The van der Waals surface area contributed by atoms with Gasteiger partial charge in [-0.25, -0.2) is 23.5 Å². The summed E-state index contributed by atoms with van der Waals surface area (Å²) in [5.74, 6) is -0.489. The molecule has 3 aliphatic rings. The highest BCUT2D eigenvalue weighted by atomic mass is 16.5. The van der Waals surface area contributed by atoms with Crippen LogP contribution in [0.15, 0.2) is 50.6 Å². The Labute approximate surface area is 225 Å². The van der Waals surface area contributed by atoms with Gasteiger partial charge in [-0.15, -0.1) is 0 Å². The quantitative estimate of drug-likeness (QED) is 0.598. The molecule has 0 bridgehead atoms. The Morgan fingerprint density at radius 1 is 0.974 bits per heavy atom. The summed E-state index contributed by atoms with van der Waals surface area (Å²) >= 11 is 0. The Morgan fingerprint density at radius 3 is 2.15 bits per heavy atom. The second kappa shape index (κ2) is 8.72. The lowest BCUT2D eigenvalue weighted by molar-refractivity contribution is -0.152. The normalized spacial score (nSPS) is 28.2. The Bertz CT molecular complexity index is 1620. The number of nitrogens with zero attached hydrogens (tertiary/aromatic N) is 3. The summed E-state index contributed by atoms with van der Waals surface area (Å²) in [4.78, 5) is 54.0. The van der Waals surface area contributed by atoms with E-state index in [1.165, 1.54) is 30.6 Å². The van der Waals surface area contributed by atoms with E-state index < -0.39 is 34.2 Å². The number of carbonyl (C=O) groups excluding carboxylic acids is 2. The standard InChI is InChI=1S/C29H33N3O7/c1-15-16(2)25(35)29(4)19(9-8-17-12-21(38-6)23(33)22(13-17)39-7)18-10-11-31-26(36)30(5)27(37)32(31)20(18)14-28(29,3)24(15)34/h8-10,12-13,19-20,33H,11,14H2,1-7H3/t19-,20+,28-,29+/m0/s1. The van der Waals surface area contributed by atoms with E-state index in [2.05, 4.69) is 0 Å². The van der Waals surface area contributed by atoms with Gasteiger partial charge in [0.15, 0.2) is 23.1 Å². The largest absolute Gasteiger partial charge is 0.502 e. The van der Waals surface area contributed by atoms with Crippen LogP contribution in [-0.2, 0) is 23.2 Å². The summed E-state index contributed by atoms with van der Waals surface area (Å²) in [6.45, 7) is 7.19. The smallest absolute Gasteiger partial charge is 0.347 e. The predicted molar refractivity (Wildman–Crippen MR) is 144 cm³/mol. The number of Topliss-reactive ketones (excluding diaryl/α,β-unsaturated/α-hetero) is 2. The lowest BCUT2D eigenvalue weighted by Gasteiger charge is -2.57. The number of hydrogen-bond donors (Lipinski definition) is 1. The molecular weight excluding hydrogens is 502 g/mol.